The fraction of sp³-hybridized carbons (Fsp3) is 0.263. The quantitative estimate of drug-likeness (QED) is 0.0264. The highest BCUT2D eigenvalue weighted by molar-refractivity contribution is 7.20. The van der Waals surface area contributed by atoms with Crippen molar-refractivity contribution in [1.29, 1.82) is 0 Å². The Labute approximate surface area is 448 Å². The van der Waals surface area contributed by atoms with Crippen LogP contribution in [0, 0.1) is 23.7 Å². The normalized spacial score (nSPS) is 15.8. The average molecular weight is 1060 g/mol. The summed E-state index contributed by atoms with van der Waals surface area (Å²) in [6.07, 6.45) is 5.95. The van der Waals surface area contributed by atoms with Gasteiger partial charge in [-0.1, -0.05) is 114 Å². The molecule has 4 amide bonds. The van der Waals surface area contributed by atoms with Gasteiger partial charge in [-0.15, -0.1) is 0 Å². The summed E-state index contributed by atoms with van der Waals surface area (Å²) in [5.74, 6) is 10.3. The second-order valence-corrected chi connectivity index (χ2v) is 19.6. The molecule has 4 N–H and O–H groups in total. The number of likely N-dealkylation sites (tertiary alicyclic amines) is 2. The van der Waals surface area contributed by atoms with Crippen LogP contribution in [0.4, 0.5) is 10.0 Å². The van der Waals surface area contributed by atoms with Crippen molar-refractivity contribution in [3.8, 4) is 73.3 Å². The molecule has 0 bridgehead atoms. The number of ether oxygens (including phenoxy) is 1. The predicted octanol–water partition coefficient (Wildman–Crippen LogP) is 7.85. The number of hydrogen-bond donors (Lipinski definition) is 4. The van der Waals surface area contributed by atoms with E-state index < -0.39 is 30.1 Å². The van der Waals surface area contributed by atoms with E-state index in [2.05, 4.69) is 54.9 Å². The van der Waals surface area contributed by atoms with Gasteiger partial charge in [-0.25, -0.2) is 19.7 Å². The fourth-order valence-corrected chi connectivity index (χ4v) is 10.6. The van der Waals surface area contributed by atoms with Crippen LogP contribution >= 0.6 is 22.7 Å². The largest absolute Gasteiger partial charge is 0.481 e. The van der Waals surface area contributed by atoms with Gasteiger partial charge in [-0.2, -0.15) is 0 Å². The number of amides is 4. The molecule has 4 atom stereocenters. The number of rotatable bonds is 19. The molecule has 0 unspecified atom stereocenters. The Morgan fingerprint density at radius 1 is 0.671 bits per heavy atom. The molecule has 2 aliphatic rings. The van der Waals surface area contributed by atoms with Crippen LogP contribution in [0.15, 0.2) is 134 Å². The first-order valence-corrected chi connectivity index (χ1v) is 26.4. The molecule has 17 nitrogen and oxygen atoms in total. The zero-order valence-corrected chi connectivity index (χ0v) is 43.4. The molecule has 2 saturated heterocycles. The fourth-order valence-electron chi connectivity index (χ4n) is 8.63. The summed E-state index contributed by atoms with van der Waals surface area (Å²) in [5.41, 5.74) is 4.94. The van der Waals surface area contributed by atoms with Crippen molar-refractivity contribution in [2.75, 3.05) is 50.7 Å². The maximum atomic E-state index is 14.5. The van der Waals surface area contributed by atoms with Crippen molar-refractivity contribution in [3.63, 3.8) is 0 Å². The topological polar surface area (TPSA) is 202 Å². The second kappa shape index (κ2) is 25.9. The highest BCUT2D eigenvalue weighted by Gasteiger charge is 2.39. The molecule has 76 heavy (non-hydrogen) atoms. The third-order valence-electron chi connectivity index (χ3n) is 12.7. The summed E-state index contributed by atoms with van der Waals surface area (Å²) in [6, 6.07) is 34.5. The van der Waals surface area contributed by atoms with Gasteiger partial charge in [0.1, 0.15) is 69.2 Å². The van der Waals surface area contributed by atoms with Gasteiger partial charge in [0.05, 0.1) is 23.5 Å². The molecule has 3 aromatic carbocycles. The van der Waals surface area contributed by atoms with Gasteiger partial charge in [0.25, 0.3) is 0 Å². The number of likely N-dealkylation sites (N-methyl/N-ethyl adjacent to an activating group) is 1. The van der Waals surface area contributed by atoms with Crippen LogP contribution in [0.5, 0.6) is 5.75 Å². The first-order valence-electron chi connectivity index (χ1n) is 24.8. The number of nitrogens with one attached hydrogen (secondary N) is 4. The van der Waals surface area contributed by atoms with Crippen molar-refractivity contribution in [1.82, 2.24) is 40.4 Å². The third kappa shape index (κ3) is 13.2. The smallest absolute Gasteiger partial charge is 0.250 e. The van der Waals surface area contributed by atoms with Crippen molar-refractivity contribution < 1.29 is 33.7 Å². The molecule has 0 spiro atoms. The molecule has 386 valence electrons. The van der Waals surface area contributed by atoms with Crippen LogP contribution < -0.4 is 26.0 Å². The standard InChI is InChI=1S/C57H54N10O7S2/c1-38(58-2)50(68)61-49(57(71)67-34-18-26-46(67)52(70)65-56-48(40-21-9-6-10-22-40)63-54(76-56)44-24-12-14-32-60-44)41-27-29-42(30-28-41)72-35-15-3-4-16-36-73-74-37-66-33-17-25-45(66)51(69)64-55-47(39-19-7-5-8-20-39)62-53(75-55)43-23-11-13-31-59-43/h5-14,19-24,27-32,38,45-46,49,58H,17-18,25-26,33-37H2,1-2H3,(H,61,68)(H,64,69)(H,65,70)/t38-,45-,46-,49-/m0/s1. The molecule has 7 aromatic rings. The van der Waals surface area contributed by atoms with Gasteiger partial charge in [0.15, 0.2) is 0 Å². The number of carbonyl (C=O) groups excluding carboxylic acids is 4. The maximum absolute atomic E-state index is 14.5. The zero-order valence-electron chi connectivity index (χ0n) is 41.7. The van der Waals surface area contributed by atoms with Crippen LogP contribution in [0.2, 0.25) is 0 Å². The number of nitrogens with zero attached hydrogens (tertiary/aromatic N) is 6. The summed E-state index contributed by atoms with van der Waals surface area (Å²) < 4.78 is 5.84. The lowest BCUT2D eigenvalue weighted by Crippen LogP contribution is -2.51. The van der Waals surface area contributed by atoms with E-state index in [4.69, 9.17) is 24.5 Å². The molecule has 2 aliphatic heterocycles. The van der Waals surface area contributed by atoms with Crippen molar-refractivity contribution in [3.05, 3.63) is 139 Å². The van der Waals surface area contributed by atoms with Gasteiger partial charge in [0, 0.05) is 36.6 Å². The van der Waals surface area contributed by atoms with E-state index in [-0.39, 0.29) is 37.7 Å². The van der Waals surface area contributed by atoms with Gasteiger partial charge in [-0.3, -0.25) is 34.0 Å². The predicted molar refractivity (Wildman–Crippen MR) is 292 cm³/mol. The van der Waals surface area contributed by atoms with Crippen molar-refractivity contribution in [2.24, 2.45) is 0 Å². The SMILES string of the molecule is CN[C@@H](C)C(=O)N[C@H](C(=O)N1CCC[C@H]1C(=O)Nc1sc(-c2ccccn2)nc1-c1ccccc1)c1ccc(OCC#CC#CCOOCN2CCC[C@H]2C(=O)Nc2sc(-c3ccccn3)nc2-c2ccccc2)cc1. The maximum Gasteiger partial charge on any atom is 0.250 e. The number of thiazole rings is 2. The van der Waals surface area contributed by atoms with Crippen LogP contribution in [0.3, 0.4) is 0 Å². The molecule has 0 radical (unpaired) electrons. The third-order valence-corrected chi connectivity index (χ3v) is 14.6. The van der Waals surface area contributed by atoms with Crippen LogP contribution in [0.25, 0.3) is 43.9 Å². The number of hydrogen-bond acceptors (Lipinski definition) is 15. The Morgan fingerprint density at radius 3 is 1.80 bits per heavy atom. The van der Waals surface area contributed by atoms with Gasteiger partial charge in [0.2, 0.25) is 23.6 Å². The first-order chi connectivity index (χ1) is 37.2. The Balaban J connectivity index is 0.760. The minimum Gasteiger partial charge on any atom is -0.481 e. The molecule has 2 fully saturated rings. The van der Waals surface area contributed by atoms with Gasteiger partial charge < -0.3 is 30.9 Å². The summed E-state index contributed by atoms with van der Waals surface area (Å²) in [4.78, 5) is 88.4. The Bertz CT molecular complexity index is 3230. The van der Waals surface area contributed by atoms with Crippen LogP contribution in [0.1, 0.15) is 44.2 Å². The number of aromatic nitrogens is 4. The van der Waals surface area contributed by atoms with Gasteiger partial charge in [-0.05, 0) is 99.4 Å². The number of anilines is 2. The van der Waals surface area contributed by atoms with Crippen molar-refractivity contribution in [2.45, 2.75) is 56.8 Å². The molecular formula is C57H54N10O7S2. The molecule has 6 heterocycles. The number of carbonyl (C=O) groups is 4. The van der Waals surface area contributed by atoms with E-state index >= 15 is 0 Å². The minimum atomic E-state index is -1.09. The molecule has 0 aliphatic carbocycles. The summed E-state index contributed by atoms with van der Waals surface area (Å²) >= 11 is 2.70. The lowest BCUT2D eigenvalue weighted by Gasteiger charge is -2.29. The monoisotopic (exact) mass is 1050 g/mol. The minimum absolute atomic E-state index is 0.0288. The Kier molecular flexibility index (Phi) is 17.9. The summed E-state index contributed by atoms with van der Waals surface area (Å²) in [7, 11) is 1.66. The van der Waals surface area contributed by atoms with E-state index in [9.17, 15) is 19.2 Å². The first kappa shape index (κ1) is 52.7. The van der Waals surface area contributed by atoms with E-state index in [0.29, 0.717) is 80.8 Å². The van der Waals surface area contributed by atoms with E-state index in [0.717, 1.165) is 23.2 Å². The van der Waals surface area contributed by atoms with E-state index in [1.165, 1.54) is 22.7 Å². The number of pyridine rings is 2. The molecule has 9 rings (SSSR count). The number of benzene rings is 3. The molecular weight excluding hydrogens is 1000 g/mol. The molecule has 4 aromatic heterocycles. The highest BCUT2D eigenvalue weighted by atomic mass is 32.1. The summed E-state index contributed by atoms with van der Waals surface area (Å²) in [5, 5.41) is 14.6. The second-order valence-electron chi connectivity index (χ2n) is 17.6. The Hall–Kier alpha value is -8.14. The lowest BCUT2D eigenvalue weighted by molar-refractivity contribution is -0.306. The van der Waals surface area contributed by atoms with Crippen LogP contribution in [-0.4, -0.2) is 112 Å². The molecule has 0 saturated carbocycles. The Morgan fingerprint density at radius 2 is 1.22 bits per heavy atom. The summed E-state index contributed by atoms with van der Waals surface area (Å²) in [6.45, 7) is 2.77. The highest BCUT2D eigenvalue weighted by Crippen LogP contribution is 2.39. The van der Waals surface area contributed by atoms with E-state index in [1.54, 1.807) is 55.5 Å². The lowest BCUT2D eigenvalue weighted by atomic mass is 10.0. The van der Waals surface area contributed by atoms with E-state index in [1.807, 2.05) is 102 Å². The molecule has 19 heteroatoms. The van der Waals surface area contributed by atoms with Gasteiger partial charge >= 0.3 is 0 Å². The van der Waals surface area contributed by atoms with Crippen LogP contribution in [-0.2, 0) is 29.0 Å². The zero-order chi connectivity index (χ0) is 52.6. The van der Waals surface area contributed by atoms with Crippen molar-refractivity contribution >= 4 is 56.3 Å². The average Bonchev–Trinajstić information content (AvgIpc) is 4.31.